The topological polar surface area (TPSA) is 37.0 Å². The molecule has 5 heteroatoms. The average Bonchev–Trinajstić information content (AvgIpc) is 2.71. The number of nitrogens with zero attached hydrogens (tertiary/aromatic N) is 2. The van der Waals surface area contributed by atoms with Gasteiger partial charge in [0.1, 0.15) is 5.75 Å². The molecule has 3 rings (SSSR count). The lowest BCUT2D eigenvalue weighted by Crippen LogP contribution is -2.40. The summed E-state index contributed by atoms with van der Waals surface area (Å²) >= 11 is 0. The van der Waals surface area contributed by atoms with E-state index in [0.717, 1.165) is 64.7 Å². The van der Waals surface area contributed by atoms with Gasteiger partial charge < -0.3 is 19.7 Å². The molecule has 2 fully saturated rings. The molecule has 0 unspecified atom stereocenters. The van der Waals surface area contributed by atoms with Gasteiger partial charge in [-0.25, -0.2) is 0 Å². The van der Waals surface area contributed by atoms with Gasteiger partial charge in [0, 0.05) is 39.3 Å². The van der Waals surface area contributed by atoms with Crippen molar-refractivity contribution in [3.8, 4) is 5.75 Å². The van der Waals surface area contributed by atoms with Gasteiger partial charge in [0.15, 0.2) is 0 Å². The molecule has 0 bridgehead atoms. The summed E-state index contributed by atoms with van der Waals surface area (Å²) in [6.07, 6.45) is 5.25. The van der Waals surface area contributed by atoms with Crippen LogP contribution < -0.4 is 10.1 Å². The zero-order valence-corrected chi connectivity index (χ0v) is 16.1. The van der Waals surface area contributed by atoms with Crippen LogP contribution in [0.3, 0.4) is 0 Å². The SMILES string of the molecule is c1cc(OCCCN2CCCCC2)ccc1CNCCN1CCOCC1. The summed E-state index contributed by atoms with van der Waals surface area (Å²) in [6.45, 7) is 11.4. The van der Waals surface area contributed by atoms with Crippen molar-refractivity contribution in [1.82, 2.24) is 15.1 Å². The van der Waals surface area contributed by atoms with E-state index < -0.39 is 0 Å². The van der Waals surface area contributed by atoms with Crippen LogP contribution in [0.1, 0.15) is 31.2 Å². The van der Waals surface area contributed by atoms with Gasteiger partial charge >= 0.3 is 0 Å². The maximum atomic E-state index is 5.89. The van der Waals surface area contributed by atoms with Crippen molar-refractivity contribution in [3.05, 3.63) is 29.8 Å². The monoisotopic (exact) mass is 361 g/mol. The normalized spacial score (nSPS) is 19.5. The lowest BCUT2D eigenvalue weighted by Gasteiger charge is -2.26. The Morgan fingerprint density at radius 1 is 0.885 bits per heavy atom. The first-order valence-corrected chi connectivity index (χ1v) is 10.3. The number of hydrogen-bond donors (Lipinski definition) is 1. The molecular formula is C21H35N3O2. The van der Waals surface area contributed by atoms with Crippen molar-refractivity contribution in [1.29, 1.82) is 0 Å². The molecule has 0 aromatic heterocycles. The molecule has 0 radical (unpaired) electrons. The van der Waals surface area contributed by atoms with Gasteiger partial charge in [-0.1, -0.05) is 18.6 Å². The number of hydrogen-bond acceptors (Lipinski definition) is 5. The fourth-order valence-electron chi connectivity index (χ4n) is 3.66. The number of benzene rings is 1. The highest BCUT2D eigenvalue weighted by Gasteiger charge is 2.10. The number of ether oxygens (including phenoxy) is 2. The van der Waals surface area contributed by atoms with Crippen molar-refractivity contribution < 1.29 is 9.47 Å². The van der Waals surface area contributed by atoms with Gasteiger partial charge in [-0.3, -0.25) is 4.90 Å². The molecule has 1 aromatic rings. The second-order valence-electron chi connectivity index (χ2n) is 7.38. The van der Waals surface area contributed by atoms with Crippen LogP contribution in [0.4, 0.5) is 0 Å². The molecule has 0 saturated carbocycles. The molecule has 0 spiro atoms. The fourth-order valence-corrected chi connectivity index (χ4v) is 3.66. The fraction of sp³-hybridized carbons (Fsp3) is 0.714. The largest absolute Gasteiger partial charge is 0.494 e. The van der Waals surface area contributed by atoms with Crippen LogP contribution in [0.5, 0.6) is 5.75 Å². The van der Waals surface area contributed by atoms with Crippen molar-refractivity contribution in [3.63, 3.8) is 0 Å². The van der Waals surface area contributed by atoms with E-state index in [1.807, 2.05) is 0 Å². The van der Waals surface area contributed by atoms with Gasteiger partial charge in [0.25, 0.3) is 0 Å². The Morgan fingerprint density at radius 3 is 2.38 bits per heavy atom. The van der Waals surface area contributed by atoms with Crippen LogP contribution >= 0.6 is 0 Å². The highest BCUT2D eigenvalue weighted by molar-refractivity contribution is 5.27. The first kappa shape index (κ1) is 19.6. The van der Waals surface area contributed by atoms with E-state index in [2.05, 4.69) is 39.4 Å². The summed E-state index contributed by atoms with van der Waals surface area (Å²) in [5, 5.41) is 3.53. The Labute approximate surface area is 158 Å². The molecule has 0 atom stereocenters. The zero-order valence-electron chi connectivity index (χ0n) is 16.1. The minimum Gasteiger partial charge on any atom is -0.494 e. The van der Waals surface area contributed by atoms with Crippen molar-refractivity contribution in [2.75, 3.05) is 65.6 Å². The molecular weight excluding hydrogens is 326 g/mol. The Kier molecular flexibility index (Phi) is 8.71. The van der Waals surface area contributed by atoms with Gasteiger partial charge in [-0.2, -0.15) is 0 Å². The van der Waals surface area contributed by atoms with Crippen LogP contribution in [0, 0.1) is 0 Å². The molecule has 0 amide bonds. The quantitative estimate of drug-likeness (QED) is 0.648. The summed E-state index contributed by atoms with van der Waals surface area (Å²) in [5.74, 6) is 0.987. The number of nitrogens with one attached hydrogen (secondary N) is 1. The van der Waals surface area contributed by atoms with Crippen LogP contribution in [0.15, 0.2) is 24.3 Å². The van der Waals surface area contributed by atoms with E-state index in [0.29, 0.717) is 0 Å². The molecule has 26 heavy (non-hydrogen) atoms. The highest BCUT2D eigenvalue weighted by atomic mass is 16.5. The molecule has 1 N–H and O–H groups in total. The third-order valence-electron chi connectivity index (χ3n) is 5.30. The number of rotatable bonds is 10. The second-order valence-corrected chi connectivity index (χ2v) is 7.38. The van der Waals surface area contributed by atoms with Gasteiger partial charge in [0.2, 0.25) is 0 Å². The first-order valence-electron chi connectivity index (χ1n) is 10.3. The van der Waals surface area contributed by atoms with E-state index in [9.17, 15) is 0 Å². The number of morpholine rings is 1. The molecule has 146 valence electrons. The first-order chi connectivity index (χ1) is 12.9. The Bertz CT molecular complexity index is 438. The lowest BCUT2D eigenvalue weighted by atomic mass is 10.1. The van der Waals surface area contributed by atoms with E-state index in [4.69, 9.17) is 9.47 Å². The molecule has 2 aliphatic rings. The Morgan fingerprint density at radius 2 is 1.62 bits per heavy atom. The summed E-state index contributed by atoms with van der Waals surface area (Å²) < 4.78 is 11.3. The van der Waals surface area contributed by atoms with Crippen LogP contribution in [0.2, 0.25) is 0 Å². The smallest absolute Gasteiger partial charge is 0.119 e. The molecule has 2 aliphatic heterocycles. The summed E-state index contributed by atoms with van der Waals surface area (Å²) in [4.78, 5) is 5.02. The lowest BCUT2D eigenvalue weighted by molar-refractivity contribution is 0.0384. The van der Waals surface area contributed by atoms with Crippen LogP contribution in [-0.4, -0.2) is 75.4 Å². The van der Waals surface area contributed by atoms with Gasteiger partial charge in [0.05, 0.1) is 19.8 Å². The number of likely N-dealkylation sites (tertiary alicyclic amines) is 1. The highest BCUT2D eigenvalue weighted by Crippen LogP contribution is 2.13. The van der Waals surface area contributed by atoms with Gasteiger partial charge in [-0.05, 0) is 50.0 Å². The summed E-state index contributed by atoms with van der Waals surface area (Å²) in [5.41, 5.74) is 1.31. The van der Waals surface area contributed by atoms with Crippen LogP contribution in [0.25, 0.3) is 0 Å². The van der Waals surface area contributed by atoms with Crippen molar-refractivity contribution in [2.45, 2.75) is 32.2 Å². The maximum absolute atomic E-state index is 5.89. The van der Waals surface area contributed by atoms with Gasteiger partial charge in [-0.15, -0.1) is 0 Å². The predicted octanol–water partition coefficient (Wildman–Crippen LogP) is 2.36. The Balaban J connectivity index is 1.24. The average molecular weight is 362 g/mol. The van der Waals surface area contributed by atoms with E-state index in [1.54, 1.807) is 0 Å². The maximum Gasteiger partial charge on any atom is 0.119 e. The standard InChI is InChI=1S/C21H35N3O2/c1-2-10-23(11-3-1)12-4-16-26-21-7-5-20(6-8-21)19-22-9-13-24-14-17-25-18-15-24/h5-8,22H,1-4,9-19H2. The minimum atomic E-state index is 0.813. The van der Waals surface area contributed by atoms with Crippen LogP contribution in [-0.2, 0) is 11.3 Å². The molecule has 5 nitrogen and oxygen atoms in total. The zero-order chi connectivity index (χ0) is 17.9. The third kappa shape index (κ3) is 7.23. The summed E-state index contributed by atoms with van der Waals surface area (Å²) in [7, 11) is 0. The Hall–Kier alpha value is -1.14. The van der Waals surface area contributed by atoms with E-state index >= 15 is 0 Å². The molecule has 1 aromatic carbocycles. The van der Waals surface area contributed by atoms with Crippen molar-refractivity contribution in [2.24, 2.45) is 0 Å². The minimum absolute atomic E-state index is 0.813. The molecule has 2 saturated heterocycles. The van der Waals surface area contributed by atoms with E-state index in [-0.39, 0.29) is 0 Å². The number of piperidine rings is 1. The third-order valence-corrected chi connectivity index (χ3v) is 5.30. The molecule has 2 heterocycles. The predicted molar refractivity (Wildman–Crippen MR) is 106 cm³/mol. The van der Waals surface area contributed by atoms with E-state index in [1.165, 1.54) is 44.5 Å². The molecule has 0 aliphatic carbocycles. The summed E-state index contributed by atoms with van der Waals surface area (Å²) in [6, 6.07) is 8.53. The van der Waals surface area contributed by atoms with Crippen molar-refractivity contribution >= 4 is 0 Å². The second kappa shape index (κ2) is 11.5.